The number of aliphatic carboxylic acids is 1. The smallest absolute Gasteiger partial charge is 0.307 e. The summed E-state index contributed by atoms with van der Waals surface area (Å²) >= 11 is 3.07. The van der Waals surface area contributed by atoms with Gasteiger partial charge in [-0.2, -0.15) is 4.31 Å². The molecule has 5 nitrogen and oxygen atoms in total. The molecule has 0 aliphatic carbocycles. The summed E-state index contributed by atoms with van der Waals surface area (Å²) in [4.78, 5) is 10.7. The van der Waals surface area contributed by atoms with Crippen LogP contribution in [0.25, 0.3) is 0 Å². The zero-order valence-electron chi connectivity index (χ0n) is 11.3. The normalized spacial score (nSPS) is 24.0. The molecule has 2 rings (SSSR count). The summed E-state index contributed by atoms with van der Waals surface area (Å²) < 4.78 is 40.4. The molecule has 0 spiro atoms. The first-order valence-electron chi connectivity index (χ1n) is 6.40. The summed E-state index contributed by atoms with van der Waals surface area (Å²) in [5.41, 5.74) is 0. The van der Waals surface area contributed by atoms with Crippen molar-refractivity contribution in [3.8, 4) is 0 Å². The lowest BCUT2D eigenvalue weighted by atomic mass is 9.92. The minimum Gasteiger partial charge on any atom is -0.481 e. The van der Waals surface area contributed by atoms with Crippen LogP contribution in [0, 0.1) is 17.7 Å². The van der Waals surface area contributed by atoms with Crippen molar-refractivity contribution in [3.05, 3.63) is 28.5 Å². The van der Waals surface area contributed by atoms with Gasteiger partial charge < -0.3 is 5.11 Å². The minimum absolute atomic E-state index is 0.0897. The van der Waals surface area contributed by atoms with Gasteiger partial charge in [0.25, 0.3) is 0 Å². The summed E-state index contributed by atoms with van der Waals surface area (Å²) in [5, 5.41) is 9.10. The Labute approximate surface area is 130 Å². The lowest BCUT2D eigenvalue weighted by Gasteiger charge is -2.33. The van der Waals surface area contributed by atoms with Crippen LogP contribution in [-0.4, -0.2) is 36.9 Å². The predicted octanol–water partition coefficient (Wildman–Crippen LogP) is 2.32. The lowest BCUT2D eigenvalue weighted by molar-refractivity contribution is -0.143. The molecule has 1 aliphatic heterocycles. The van der Waals surface area contributed by atoms with Crippen molar-refractivity contribution in [2.75, 3.05) is 13.1 Å². The summed E-state index contributed by atoms with van der Waals surface area (Å²) in [5.74, 6) is -2.73. The molecule has 1 aromatic rings. The van der Waals surface area contributed by atoms with Gasteiger partial charge in [0.15, 0.2) is 0 Å². The van der Waals surface area contributed by atoms with Crippen LogP contribution in [0.5, 0.6) is 0 Å². The molecule has 0 radical (unpaired) electrons. The molecule has 1 heterocycles. The van der Waals surface area contributed by atoms with Crippen LogP contribution in [-0.2, 0) is 14.8 Å². The zero-order valence-corrected chi connectivity index (χ0v) is 13.7. The Hall–Kier alpha value is -0.990. The van der Waals surface area contributed by atoms with E-state index in [4.69, 9.17) is 5.11 Å². The maximum absolute atomic E-state index is 13.9. The summed E-state index contributed by atoms with van der Waals surface area (Å²) in [7, 11) is -4.03. The van der Waals surface area contributed by atoms with Crippen molar-refractivity contribution >= 4 is 31.9 Å². The zero-order chi connectivity index (χ0) is 15.8. The fraction of sp³-hybridized carbons (Fsp3) is 0.462. The second-order valence-corrected chi connectivity index (χ2v) is 8.09. The highest BCUT2D eigenvalue weighted by atomic mass is 79.9. The topological polar surface area (TPSA) is 74.7 Å². The molecule has 21 heavy (non-hydrogen) atoms. The van der Waals surface area contributed by atoms with Gasteiger partial charge in [-0.3, -0.25) is 4.79 Å². The van der Waals surface area contributed by atoms with Gasteiger partial charge in [0.1, 0.15) is 10.7 Å². The Bertz CT molecular complexity index is 664. The Morgan fingerprint density at radius 3 is 2.67 bits per heavy atom. The molecule has 8 heteroatoms. The average Bonchev–Trinajstić information content (AvgIpc) is 2.37. The monoisotopic (exact) mass is 379 g/mol. The molecule has 2 unspecified atom stereocenters. The number of piperidine rings is 1. The number of rotatable bonds is 3. The maximum atomic E-state index is 13.9. The van der Waals surface area contributed by atoms with Crippen LogP contribution < -0.4 is 0 Å². The summed E-state index contributed by atoms with van der Waals surface area (Å²) in [6.07, 6.45) is 0.421. The first kappa shape index (κ1) is 16.4. The molecule has 1 N–H and O–H groups in total. The van der Waals surface area contributed by atoms with Crippen LogP contribution in [0.3, 0.4) is 0 Å². The second kappa shape index (κ2) is 6.02. The number of carboxylic acid groups (broad SMARTS) is 1. The number of hydrogen-bond acceptors (Lipinski definition) is 3. The first-order chi connectivity index (χ1) is 9.71. The molecule has 1 aliphatic rings. The van der Waals surface area contributed by atoms with Crippen LogP contribution >= 0.6 is 15.9 Å². The number of carbonyl (C=O) groups is 1. The van der Waals surface area contributed by atoms with Crippen molar-refractivity contribution in [2.24, 2.45) is 11.8 Å². The Morgan fingerprint density at radius 1 is 1.43 bits per heavy atom. The van der Waals surface area contributed by atoms with E-state index in [1.54, 1.807) is 6.92 Å². The third-order valence-corrected chi connectivity index (χ3v) is 5.85. The number of hydrogen-bond donors (Lipinski definition) is 1. The third kappa shape index (κ3) is 3.44. The number of benzene rings is 1. The van der Waals surface area contributed by atoms with E-state index in [9.17, 15) is 17.6 Å². The van der Waals surface area contributed by atoms with E-state index in [1.807, 2.05) is 0 Å². The fourth-order valence-corrected chi connectivity index (χ4v) is 4.49. The number of carboxylic acids is 1. The molecule has 0 saturated carbocycles. The molecular weight excluding hydrogens is 365 g/mol. The van der Waals surface area contributed by atoms with Gasteiger partial charge in [0.2, 0.25) is 10.0 Å². The molecule has 116 valence electrons. The van der Waals surface area contributed by atoms with E-state index in [2.05, 4.69) is 15.9 Å². The minimum atomic E-state index is -4.03. The first-order valence-corrected chi connectivity index (χ1v) is 8.63. The molecule has 1 fully saturated rings. The molecule has 0 amide bonds. The van der Waals surface area contributed by atoms with Gasteiger partial charge in [-0.25, -0.2) is 12.8 Å². The lowest BCUT2D eigenvalue weighted by Crippen LogP contribution is -2.45. The van der Waals surface area contributed by atoms with E-state index >= 15 is 0 Å². The summed E-state index contributed by atoms with van der Waals surface area (Å²) in [6.45, 7) is 1.86. The van der Waals surface area contributed by atoms with Crippen molar-refractivity contribution in [1.29, 1.82) is 0 Å². The molecule has 0 aromatic heterocycles. The molecular formula is C13H15BrFNO4S. The predicted molar refractivity (Wildman–Crippen MR) is 77.8 cm³/mol. The van der Waals surface area contributed by atoms with Gasteiger partial charge in [-0.05, 0) is 30.5 Å². The van der Waals surface area contributed by atoms with Crippen LogP contribution in [0.2, 0.25) is 0 Å². The van der Waals surface area contributed by atoms with E-state index in [0.717, 1.165) is 10.4 Å². The third-order valence-electron chi connectivity index (χ3n) is 3.49. The highest BCUT2D eigenvalue weighted by Crippen LogP contribution is 2.29. The van der Waals surface area contributed by atoms with Gasteiger partial charge in [-0.1, -0.05) is 22.9 Å². The average molecular weight is 380 g/mol. The molecule has 1 saturated heterocycles. The summed E-state index contributed by atoms with van der Waals surface area (Å²) in [6, 6.07) is 3.71. The molecule has 2 atom stereocenters. The molecule has 0 bridgehead atoms. The number of halogens is 2. The van der Waals surface area contributed by atoms with Gasteiger partial charge in [0.05, 0.1) is 5.92 Å². The van der Waals surface area contributed by atoms with Gasteiger partial charge >= 0.3 is 5.97 Å². The van der Waals surface area contributed by atoms with E-state index in [1.165, 1.54) is 12.1 Å². The van der Waals surface area contributed by atoms with Crippen molar-refractivity contribution in [1.82, 2.24) is 4.31 Å². The van der Waals surface area contributed by atoms with Gasteiger partial charge in [0, 0.05) is 17.6 Å². The van der Waals surface area contributed by atoms with E-state index in [-0.39, 0.29) is 19.0 Å². The second-order valence-electron chi connectivity index (χ2n) is 5.27. The maximum Gasteiger partial charge on any atom is 0.307 e. The SMILES string of the molecule is CC1CC(C(=O)O)CN(S(=O)(=O)c2ccc(Br)cc2F)C1. The fourth-order valence-electron chi connectivity index (χ4n) is 2.50. The number of sulfonamides is 1. The van der Waals surface area contributed by atoms with Crippen molar-refractivity contribution in [2.45, 2.75) is 18.2 Å². The van der Waals surface area contributed by atoms with E-state index in [0.29, 0.717) is 10.9 Å². The van der Waals surface area contributed by atoms with Gasteiger partial charge in [-0.15, -0.1) is 0 Å². The van der Waals surface area contributed by atoms with Crippen LogP contribution in [0.4, 0.5) is 4.39 Å². The standard InChI is InChI=1S/C13H15BrFNO4S/c1-8-4-9(13(17)18)7-16(6-8)21(19,20)12-3-2-10(14)5-11(12)15/h2-3,5,8-9H,4,6-7H2,1H3,(H,17,18). The molecule has 1 aromatic carbocycles. The van der Waals surface area contributed by atoms with Crippen molar-refractivity contribution < 1.29 is 22.7 Å². The highest BCUT2D eigenvalue weighted by Gasteiger charge is 2.37. The van der Waals surface area contributed by atoms with Crippen LogP contribution in [0.15, 0.2) is 27.6 Å². The van der Waals surface area contributed by atoms with E-state index < -0.39 is 32.6 Å². The van der Waals surface area contributed by atoms with Crippen LogP contribution in [0.1, 0.15) is 13.3 Å². The Balaban J connectivity index is 2.36. The highest BCUT2D eigenvalue weighted by molar-refractivity contribution is 9.10. The quantitative estimate of drug-likeness (QED) is 0.874. The van der Waals surface area contributed by atoms with Crippen molar-refractivity contribution in [3.63, 3.8) is 0 Å². The largest absolute Gasteiger partial charge is 0.481 e. The Kier molecular flexibility index (Phi) is 4.69. The number of nitrogens with zero attached hydrogens (tertiary/aromatic N) is 1. The Morgan fingerprint density at radius 2 is 2.10 bits per heavy atom.